The molecule has 9 heteroatoms. The molecule has 3 rings (SSSR count). The molecular weight excluding hydrogens is 609 g/mol. The number of hydrogen-bond acceptors (Lipinski definition) is 5. The van der Waals surface area contributed by atoms with E-state index in [9.17, 15) is 10.1 Å². The summed E-state index contributed by atoms with van der Waals surface area (Å²) in [6.07, 6.45) is 1.48. The van der Waals surface area contributed by atoms with Crippen molar-refractivity contribution in [3.63, 3.8) is 0 Å². The number of ether oxygens (including phenoxy) is 2. The molecule has 0 atom stereocenters. The fourth-order valence-corrected chi connectivity index (χ4v) is 4.27. The van der Waals surface area contributed by atoms with Gasteiger partial charge in [-0.15, -0.1) is 0 Å². The van der Waals surface area contributed by atoms with Crippen LogP contribution in [0.1, 0.15) is 27.0 Å². The standard InChI is InChI=1S/C23H16BrClIN3O3/c1-31-21-10-15(6-7-20(21)26)23(30)29-28-12-14-8-18(24)22(19(25)9-14)32-13-17-5-3-2-4-16(17)11-27/h2-10,12H,13H2,1H3,(H,29,30)/b28-12-. The number of rotatable bonds is 7. The van der Waals surface area contributed by atoms with Crippen LogP contribution in [0.2, 0.25) is 5.02 Å². The molecule has 0 aromatic heterocycles. The number of amides is 1. The molecule has 6 nitrogen and oxygen atoms in total. The minimum absolute atomic E-state index is 0.199. The highest BCUT2D eigenvalue weighted by atomic mass is 127. The number of methoxy groups -OCH3 is 1. The number of nitriles is 1. The highest BCUT2D eigenvalue weighted by Crippen LogP contribution is 2.35. The van der Waals surface area contributed by atoms with Crippen molar-refractivity contribution in [1.29, 1.82) is 5.26 Å². The molecule has 0 heterocycles. The number of carbonyl (C=O) groups excluding carboxylic acids is 1. The third-order valence-electron chi connectivity index (χ3n) is 4.32. The maximum atomic E-state index is 12.3. The summed E-state index contributed by atoms with van der Waals surface area (Å²) in [6.45, 7) is 0.199. The normalized spacial score (nSPS) is 10.6. The molecule has 0 bridgehead atoms. The molecule has 0 aliphatic rings. The number of halogens is 3. The van der Waals surface area contributed by atoms with Crippen molar-refractivity contribution in [1.82, 2.24) is 5.43 Å². The van der Waals surface area contributed by atoms with Crippen LogP contribution in [0.25, 0.3) is 0 Å². The zero-order chi connectivity index (χ0) is 23.1. The van der Waals surface area contributed by atoms with Crippen LogP contribution in [-0.2, 0) is 6.61 Å². The topological polar surface area (TPSA) is 83.7 Å². The van der Waals surface area contributed by atoms with Gasteiger partial charge in [0.1, 0.15) is 12.4 Å². The lowest BCUT2D eigenvalue weighted by atomic mass is 10.1. The molecule has 0 spiro atoms. The van der Waals surface area contributed by atoms with E-state index >= 15 is 0 Å². The van der Waals surface area contributed by atoms with Gasteiger partial charge >= 0.3 is 0 Å². The van der Waals surface area contributed by atoms with E-state index in [1.54, 1.807) is 49.6 Å². The summed E-state index contributed by atoms with van der Waals surface area (Å²) in [5.41, 5.74) is 4.88. The van der Waals surface area contributed by atoms with Gasteiger partial charge < -0.3 is 9.47 Å². The first kappa shape index (κ1) is 24.0. The Hall–Kier alpha value is -2.61. The van der Waals surface area contributed by atoms with E-state index in [4.69, 9.17) is 21.1 Å². The van der Waals surface area contributed by atoms with Crippen LogP contribution in [0.5, 0.6) is 11.5 Å². The van der Waals surface area contributed by atoms with Crippen LogP contribution >= 0.6 is 50.1 Å². The van der Waals surface area contributed by atoms with Gasteiger partial charge in [-0.3, -0.25) is 4.79 Å². The minimum Gasteiger partial charge on any atom is -0.496 e. The Kier molecular flexibility index (Phi) is 8.50. The highest BCUT2D eigenvalue weighted by molar-refractivity contribution is 14.1. The van der Waals surface area contributed by atoms with Crippen LogP contribution < -0.4 is 14.9 Å². The lowest BCUT2D eigenvalue weighted by molar-refractivity contribution is 0.0954. The zero-order valence-electron chi connectivity index (χ0n) is 16.7. The van der Waals surface area contributed by atoms with Gasteiger partial charge in [0, 0.05) is 11.1 Å². The largest absolute Gasteiger partial charge is 0.496 e. The third kappa shape index (κ3) is 6.00. The third-order valence-corrected chi connectivity index (χ3v) is 6.08. The van der Waals surface area contributed by atoms with Gasteiger partial charge in [-0.25, -0.2) is 5.43 Å². The molecule has 1 N–H and O–H groups in total. The summed E-state index contributed by atoms with van der Waals surface area (Å²) in [4.78, 5) is 12.3. The van der Waals surface area contributed by atoms with Crippen molar-refractivity contribution >= 4 is 62.2 Å². The molecule has 0 radical (unpaired) electrons. The first-order valence-electron chi connectivity index (χ1n) is 9.19. The van der Waals surface area contributed by atoms with Crippen LogP contribution in [0.4, 0.5) is 0 Å². The number of hydrazone groups is 1. The lowest BCUT2D eigenvalue weighted by Gasteiger charge is -2.12. The Morgan fingerprint density at radius 3 is 2.78 bits per heavy atom. The molecule has 0 fully saturated rings. The van der Waals surface area contributed by atoms with Gasteiger partial charge in [0.2, 0.25) is 0 Å². The average Bonchev–Trinajstić information content (AvgIpc) is 2.79. The maximum absolute atomic E-state index is 12.3. The summed E-state index contributed by atoms with van der Waals surface area (Å²) < 4.78 is 12.6. The monoisotopic (exact) mass is 623 g/mol. The van der Waals surface area contributed by atoms with Crippen molar-refractivity contribution in [3.05, 3.63) is 89.9 Å². The Labute approximate surface area is 212 Å². The number of nitrogens with zero attached hydrogens (tertiary/aromatic N) is 2. The first-order chi connectivity index (χ1) is 15.4. The lowest BCUT2D eigenvalue weighted by Crippen LogP contribution is -2.17. The predicted octanol–water partition coefficient (Wildman–Crippen LogP) is 5.93. The van der Waals surface area contributed by atoms with Gasteiger partial charge in [-0.1, -0.05) is 29.8 Å². The summed E-state index contributed by atoms with van der Waals surface area (Å²) >= 11 is 12.0. The molecule has 32 heavy (non-hydrogen) atoms. The van der Waals surface area contributed by atoms with Gasteiger partial charge in [-0.2, -0.15) is 10.4 Å². The van der Waals surface area contributed by atoms with E-state index in [-0.39, 0.29) is 12.5 Å². The Morgan fingerprint density at radius 1 is 1.28 bits per heavy atom. The van der Waals surface area contributed by atoms with Crippen molar-refractivity contribution in [3.8, 4) is 17.6 Å². The molecule has 0 saturated carbocycles. The molecule has 3 aromatic carbocycles. The van der Waals surface area contributed by atoms with Crippen LogP contribution in [-0.4, -0.2) is 19.2 Å². The minimum atomic E-state index is -0.364. The van der Waals surface area contributed by atoms with E-state index in [1.165, 1.54) is 6.21 Å². The molecule has 3 aromatic rings. The second kappa shape index (κ2) is 11.3. The Balaban J connectivity index is 1.67. The van der Waals surface area contributed by atoms with E-state index in [0.717, 1.165) is 9.13 Å². The summed E-state index contributed by atoms with van der Waals surface area (Å²) in [7, 11) is 1.55. The Morgan fingerprint density at radius 2 is 2.06 bits per heavy atom. The van der Waals surface area contributed by atoms with E-state index in [0.29, 0.717) is 37.7 Å². The van der Waals surface area contributed by atoms with E-state index < -0.39 is 0 Å². The second-order valence-electron chi connectivity index (χ2n) is 6.42. The van der Waals surface area contributed by atoms with Crippen LogP contribution in [0.15, 0.2) is 64.2 Å². The average molecular weight is 625 g/mol. The van der Waals surface area contributed by atoms with Crippen LogP contribution in [0.3, 0.4) is 0 Å². The number of nitrogens with one attached hydrogen (secondary N) is 1. The van der Waals surface area contributed by atoms with E-state index in [2.05, 4.69) is 55.1 Å². The molecule has 0 aliphatic carbocycles. The van der Waals surface area contributed by atoms with Crippen molar-refractivity contribution in [2.45, 2.75) is 6.61 Å². The van der Waals surface area contributed by atoms with Crippen molar-refractivity contribution in [2.75, 3.05) is 7.11 Å². The number of carbonyl (C=O) groups is 1. The summed E-state index contributed by atoms with van der Waals surface area (Å²) in [5.74, 6) is 0.703. The smallest absolute Gasteiger partial charge is 0.271 e. The predicted molar refractivity (Wildman–Crippen MR) is 135 cm³/mol. The second-order valence-corrected chi connectivity index (χ2v) is 8.84. The maximum Gasteiger partial charge on any atom is 0.271 e. The molecule has 162 valence electrons. The van der Waals surface area contributed by atoms with Gasteiger partial charge in [0.15, 0.2) is 5.75 Å². The fourth-order valence-electron chi connectivity index (χ4n) is 2.73. The SMILES string of the molecule is COc1cc(C(=O)N/N=C\c2cc(Cl)c(OCc3ccccc3C#N)c(Br)c2)ccc1I. The molecule has 0 unspecified atom stereocenters. The van der Waals surface area contributed by atoms with Crippen molar-refractivity contribution < 1.29 is 14.3 Å². The zero-order valence-corrected chi connectivity index (χ0v) is 21.2. The van der Waals surface area contributed by atoms with Gasteiger partial charge in [-0.05, 0) is 80.5 Å². The molecular formula is C23H16BrClIN3O3. The van der Waals surface area contributed by atoms with Crippen LogP contribution in [0, 0.1) is 14.9 Å². The number of hydrogen-bond donors (Lipinski definition) is 1. The highest BCUT2D eigenvalue weighted by Gasteiger charge is 2.11. The van der Waals surface area contributed by atoms with E-state index in [1.807, 2.05) is 12.1 Å². The molecule has 0 aliphatic heterocycles. The number of benzene rings is 3. The quantitative estimate of drug-likeness (QED) is 0.201. The first-order valence-corrected chi connectivity index (χ1v) is 11.4. The van der Waals surface area contributed by atoms with Crippen molar-refractivity contribution in [2.24, 2.45) is 5.10 Å². The van der Waals surface area contributed by atoms with Gasteiger partial charge in [0.05, 0.1) is 38.0 Å². The Bertz CT molecular complexity index is 1200. The molecule has 1 amide bonds. The fraction of sp³-hybridized carbons (Fsp3) is 0.0870. The molecule has 0 saturated heterocycles. The summed E-state index contributed by atoms with van der Waals surface area (Å²) in [5, 5.41) is 13.6. The summed E-state index contributed by atoms with van der Waals surface area (Å²) in [6, 6.07) is 17.9. The van der Waals surface area contributed by atoms with Gasteiger partial charge in [0.25, 0.3) is 5.91 Å².